The zero-order valence-corrected chi connectivity index (χ0v) is 16.5. The van der Waals surface area contributed by atoms with Crippen molar-refractivity contribution in [2.75, 3.05) is 35.3 Å². The van der Waals surface area contributed by atoms with E-state index in [0.29, 0.717) is 12.4 Å². The second-order valence-corrected chi connectivity index (χ2v) is 9.33. The van der Waals surface area contributed by atoms with E-state index in [1.165, 1.54) is 5.56 Å². The Hall–Kier alpha value is -1.86. The summed E-state index contributed by atoms with van der Waals surface area (Å²) in [6, 6.07) is 9.61. The number of hydrogen-bond donors (Lipinski definition) is 1. The maximum absolute atomic E-state index is 11.7. The van der Waals surface area contributed by atoms with E-state index < -0.39 is 9.84 Å². The first-order chi connectivity index (χ1) is 12.3. The minimum atomic E-state index is -2.94. The Morgan fingerprint density at radius 1 is 1.27 bits per heavy atom. The normalized spacial score (nSPS) is 18.7. The summed E-state index contributed by atoms with van der Waals surface area (Å²) in [6.07, 6.45) is 1.47. The van der Waals surface area contributed by atoms with Gasteiger partial charge >= 0.3 is 0 Å². The summed E-state index contributed by atoms with van der Waals surface area (Å²) in [7, 11) is -1.08. The van der Waals surface area contributed by atoms with E-state index >= 15 is 0 Å². The molecule has 1 aliphatic heterocycles. The summed E-state index contributed by atoms with van der Waals surface area (Å²) in [5.41, 5.74) is 2.04. The van der Waals surface area contributed by atoms with E-state index in [1.54, 1.807) is 0 Å². The van der Waals surface area contributed by atoms with Gasteiger partial charge in [0.25, 0.3) is 0 Å². The van der Waals surface area contributed by atoms with Crippen molar-refractivity contribution in [2.24, 2.45) is 0 Å². The fourth-order valence-electron chi connectivity index (χ4n) is 3.03. The summed E-state index contributed by atoms with van der Waals surface area (Å²) < 4.78 is 23.4. The number of nitrogens with zero attached hydrogens (tertiary/aromatic N) is 3. The van der Waals surface area contributed by atoms with Gasteiger partial charge in [-0.25, -0.2) is 13.4 Å². The summed E-state index contributed by atoms with van der Waals surface area (Å²) in [4.78, 5) is 10.9. The molecule has 1 fully saturated rings. The molecular weight excluding hydrogens is 372 g/mol. The van der Waals surface area contributed by atoms with Gasteiger partial charge < -0.3 is 10.2 Å². The van der Waals surface area contributed by atoms with Crippen molar-refractivity contribution in [1.29, 1.82) is 0 Å². The second kappa shape index (κ2) is 7.80. The van der Waals surface area contributed by atoms with Crippen LogP contribution >= 0.6 is 11.6 Å². The van der Waals surface area contributed by atoms with E-state index in [1.807, 2.05) is 49.2 Å². The highest BCUT2D eigenvalue weighted by atomic mass is 35.5. The van der Waals surface area contributed by atoms with Crippen LogP contribution in [0.3, 0.4) is 0 Å². The molecule has 0 spiro atoms. The topological polar surface area (TPSA) is 75.2 Å². The summed E-state index contributed by atoms with van der Waals surface area (Å²) in [6.45, 7) is 2.65. The monoisotopic (exact) mass is 394 g/mol. The van der Waals surface area contributed by atoms with Crippen molar-refractivity contribution < 1.29 is 8.42 Å². The highest BCUT2D eigenvalue weighted by Crippen LogP contribution is 2.21. The Kier molecular flexibility index (Phi) is 5.67. The van der Waals surface area contributed by atoms with Crippen molar-refractivity contribution in [3.05, 3.63) is 46.6 Å². The molecule has 3 rings (SSSR count). The second-order valence-electron chi connectivity index (χ2n) is 6.67. The molecule has 1 saturated heterocycles. The predicted octanol–water partition coefficient (Wildman–Crippen LogP) is 2.72. The van der Waals surface area contributed by atoms with Gasteiger partial charge in [0.1, 0.15) is 5.82 Å². The summed E-state index contributed by atoms with van der Waals surface area (Å²) in [5.74, 6) is 1.70. The van der Waals surface area contributed by atoms with Crippen molar-refractivity contribution in [1.82, 2.24) is 9.97 Å². The molecule has 1 unspecified atom stereocenters. The number of halogens is 1. The molecule has 1 aromatic carbocycles. The minimum Gasteiger partial charge on any atom is -0.370 e. The first kappa shape index (κ1) is 18.9. The highest BCUT2D eigenvalue weighted by molar-refractivity contribution is 7.91. The van der Waals surface area contributed by atoms with Crippen molar-refractivity contribution in [2.45, 2.75) is 25.8 Å². The van der Waals surface area contributed by atoms with Crippen LogP contribution in [0, 0.1) is 6.92 Å². The fraction of sp³-hybridized carbons (Fsp3) is 0.444. The molecule has 1 N–H and O–H groups in total. The van der Waals surface area contributed by atoms with Gasteiger partial charge in [0.15, 0.2) is 9.84 Å². The maximum atomic E-state index is 11.7. The molecule has 140 valence electrons. The third kappa shape index (κ3) is 4.86. The number of hydrogen-bond acceptors (Lipinski definition) is 6. The molecule has 2 aromatic rings. The van der Waals surface area contributed by atoms with Gasteiger partial charge in [-0.1, -0.05) is 23.7 Å². The number of aromatic nitrogens is 2. The third-order valence-electron chi connectivity index (χ3n) is 4.55. The largest absolute Gasteiger partial charge is 0.370 e. The number of sulfone groups is 1. The SMILES string of the molecule is Cc1cc(NCCc2ccc(Cl)cc2)nc(N(C)C2CCS(=O)(=O)C2)n1. The number of nitrogens with one attached hydrogen (secondary N) is 1. The number of benzene rings is 1. The van der Waals surface area contributed by atoms with E-state index in [0.717, 1.165) is 29.5 Å². The lowest BCUT2D eigenvalue weighted by molar-refractivity contribution is 0.600. The first-order valence-electron chi connectivity index (χ1n) is 8.60. The van der Waals surface area contributed by atoms with E-state index in [9.17, 15) is 8.42 Å². The fourth-order valence-corrected chi connectivity index (χ4v) is 4.93. The van der Waals surface area contributed by atoms with Crippen LogP contribution in [0.4, 0.5) is 11.8 Å². The molecule has 1 aromatic heterocycles. The molecule has 0 radical (unpaired) electrons. The Labute approximate surface area is 159 Å². The van der Waals surface area contributed by atoms with Crippen LogP contribution in [-0.4, -0.2) is 49.5 Å². The van der Waals surface area contributed by atoms with Crippen LogP contribution in [0.25, 0.3) is 0 Å². The molecule has 1 aliphatic rings. The first-order valence-corrected chi connectivity index (χ1v) is 10.8. The molecule has 1 atom stereocenters. The van der Waals surface area contributed by atoms with E-state index in [2.05, 4.69) is 15.3 Å². The minimum absolute atomic E-state index is 0.0660. The Balaban J connectivity index is 1.64. The average Bonchev–Trinajstić information content (AvgIpc) is 2.95. The van der Waals surface area contributed by atoms with Gasteiger partial charge in [-0.3, -0.25) is 0 Å². The molecule has 26 heavy (non-hydrogen) atoms. The van der Waals surface area contributed by atoms with Crippen molar-refractivity contribution in [3.8, 4) is 0 Å². The lowest BCUT2D eigenvalue weighted by Crippen LogP contribution is -2.34. The lowest BCUT2D eigenvalue weighted by atomic mass is 10.1. The molecule has 0 saturated carbocycles. The van der Waals surface area contributed by atoms with Gasteiger partial charge in [-0.2, -0.15) is 4.98 Å². The highest BCUT2D eigenvalue weighted by Gasteiger charge is 2.31. The Morgan fingerprint density at radius 2 is 2.00 bits per heavy atom. The molecule has 0 aliphatic carbocycles. The molecule has 6 nitrogen and oxygen atoms in total. The summed E-state index contributed by atoms with van der Waals surface area (Å²) in [5, 5.41) is 4.05. The van der Waals surface area contributed by atoms with Crippen LogP contribution in [-0.2, 0) is 16.3 Å². The van der Waals surface area contributed by atoms with Crippen LogP contribution < -0.4 is 10.2 Å². The number of anilines is 2. The smallest absolute Gasteiger partial charge is 0.227 e. The third-order valence-corrected chi connectivity index (χ3v) is 6.55. The van der Waals surface area contributed by atoms with Gasteiger partial charge in [-0.15, -0.1) is 0 Å². The van der Waals surface area contributed by atoms with E-state index in [4.69, 9.17) is 11.6 Å². The number of aryl methyl sites for hydroxylation is 1. The molecule has 0 amide bonds. The zero-order valence-electron chi connectivity index (χ0n) is 14.9. The maximum Gasteiger partial charge on any atom is 0.227 e. The van der Waals surface area contributed by atoms with Crippen molar-refractivity contribution in [3.63, 3.8) is 0 Å². The van der Waals surface area contributed by atoms with Crippen LogP contribution in [0.5, 0.6) is 0 Å². The standard InChI is InChI=1S/C18H23ClN4O2S/c1-13-11-17(20-9-7-14-3-5-15(19)6-4-14)22-18(21-13)23(2)16-8-10-26(24,25)12-16/h3-6,11,16H,7-10,12H2,1-2H3,(H,20,21,22). The number of rotatable bonds is 6. The van der Waals surface area contributed by atoms with E-state index in [-0.39, 0.29) is 17.5 Å². The summed E-state index contributed by atoms with van der Waals surface area (Å²) >= 11 is 5.90. The van der Waals surface area contributed by atoms with Crippen LogP contribution in [0.2, 0.25) is 5.02 Å². The lowest BCUT2D eigenvalue weighted by Gasteiger charge is -2.24. The zero-order chi connectivity index (χ0) is 18.7. The van der Waals surface area contributed by atoms with Gasteiger partial charge in [0.05, 0.1) is 11.5 Å². The quantitative estimate of drug-likeness (QED) is 0.811. The molecule has 0 bridgehead atoms. The Morgan fingerprint density at radius 3 is 2.65 bits per heavy atom. The molecule has 2 heterocycles. The van der Waals surface area contributed by atoms with Crippen LogP contribution in [0.15, 0.2) is 30.3 Å². The van der Waals surface area contributed by atoms with Crippen LogP contribution in [0.1, 0.15) is 17.7 Å². The predicted molar refractivity (Wildman–Crippen MR) is 106 cm³/mol. The Bertz CT molecular complexity index is 871. The van der Waals surface area contributed by atoms with Gasteiger partial charge in [0.2, 0.25) is 5.95 Å². The van der Waals surface area contributed by atoms with Crippen molar-refractivity contribution >= 4 is 33.2 Å². The van der Waals surface area contributed by atoms with Gasteiger partial charge in [0, 0.05) is 36.4 Å². The molecule has 8 heteroatoms. The molecular formula is C18H23ClN4O2S. The average molecular weight is 395 g/mol. The van der Waals surface area contributed by atoms with Gasteiger partial charge in [-0.05, 0) is 37.5 Å².